The zero-order valence-electron chi connectivity index (χ0n) is 10.3. The lowest BCUT2D eigenvalue weighted by atomic mass is 9.75. The number of aliphatic hydroxyl groups excluding tert-OH is 1. The Kier molecular flexibility index (Phi) is 3.78. The number of hydrogen-bond donors (Lipinski definition) is 3. The third kappa shape index (κ3) is 1.81. The number of methoxy groups -OCH3 is 1. The summed E-state index contributed by atoms with van der Waals surface area (Å²) in [5, 5.41) is 22.2. The van der Waals surface area contributed by atoms with Crippen LogP contribution >= 0.6 is 0 Å². The molecular formula is C11H19NO5. The summed E-state index contributed by atoms with van der Waals surface area (Å²) in [5.74, 6) is -1.99. The van der Waals surface area contributed by atoms with E-state index in [-0.39, 0.29) is 0 Å². The molecular weight excluding hydrogens is 226 g/mol. The van der Waals surface area contributed by atoms with E-state index >= 15 is 0 Å². The summed E-state index contributed by atoms with van der Waals surface area (Å²) in [6.07, 6.45) is 1.13. The van der Waals surface area contributed by atoms with E-state index < -0.39 is 35.5 Å². The van der Waals surface area contributed by atoms with E-state index in [1.54, 1.807) is 0 Å². The van der Waals surface area contributed by atoms with Gasteiger partial charge in [0.25, 0.3) is 0 Å². The second-order valence-corrected chi connectivity index (χ2v) is 4.53. The smallest absolute Gasteiger partial charge is 0.337 e. The number of ether oxygens (including phenoxy) is 1. The molecule has 1 heterocycles. The standard InChI is InChI=1S/C11H19NO5/c1-4-5-7-8(14)12-11(6-13,9(15)17-3)10(7,2)16/h7,13,16H,4-6H2,1-3H3,(H,12,14)/t7-,10-,11-/m1/s1. The van der Waals surface area contributed by atoms with Gasteiger partial charge in [-0.15, -0.1) is 0 Å². The Bertz CT molecular complexity index is 328. The van der Waals surface area contributed by atoms with Crippen molar-refractivity contribution in [3.05, 3.63) is 0 Å². The number of aliphatic hydroxyl groups is 2. The highest BCUT2D eigenvalue weighted by atomic mass is 16.5. The Morgan fingerprint density at radius 1 is 1.59 bits per heavy atom. The number of nitrogens with one attached hydrogen (secondary N) is 1. The Balaban J connectivity index is 3.18. The Morgan fingerprint density at radius 3 is 2.59 bits per heavy atom. The van der Waals surface area contributed by atoms with Crippen LogP contribution in [-0.4, -0.2) is 46.9 Å². The third-order valence-corrected chi connectivity index (χ3v) is 3.54. The van der Waals surface area contributed by atoms with Crippen molar-refractivity contribution in [1.29, 1.82) is 0 Å². The molecule has 1 rings (SSSR count). The molecule has 0 saturated carbocycles. The fourth-order valence-electron chi connectivity index (χ4n) is 2.37. The molecule has 0 aromatic heterocycles. The van der Waals surface area contributed by atoms with Gasteiger partial charge in [-0.25, -0.2) is 4.79 Å². The number of rotatable bonds is 4. The number of carbonyl (C=O) groups excluding carboxylic acids is 2. The maximum absolute atomic E-state index is 11.8. The lowest BCUT2D eigenvalue weighted by molar-refractivity contribution is -0.163. The van der Waals surface area contributed by atoms with E-state index in [0.717, 1.165) is 7.11 Å². The average Bonchev–Trinajstić information content (AvgIpc) is 2.49. The summed E-state index contributed by atoms with van der Waals surface area (Å²) in [5.41, 5.74) is -3.43. The number of esters is 1. The van der Waals surface area contributed by atoms with Crippen molar-refractivity contribution >= 4 is 11.9 Å². The molecule has 6 heteroatoms. The van der Waals surface area contributed by atoms with Crippen LogP contribution in [-0.2, 0) is 14.3 Å². The molecule has 0 radical (unpaired) electrons. The largest absolute Gasteiger partial charge is 0.467 e. The Labute approximate surface area is 100.0 Å². The molecule has 0 spiro atoms. The quantitative estimate of drug-likeness (QED) is 0.563. The first kappa shape index (κ1) is 13.9. The summed E-state index contributed by atoms with van der Waals surface area (Å²) in [6, 6.07) is 0. The van der Waals surface area contributed by atoms with E-state index in [2.05, 4.69) is 10.1 Å². The minimum atomic E-state index is -1.77. The zero-order valence-corrected chi connectivity index (χ0v) is 10.3. The second-order valence-electron chi connectivity index (χ2n) is 4.53. The van der Waals surface area contributed by atoms with E-state index in [4.69, 9.17) is 0 Å². The summed E-state index contributed by atoms with van der Waals surface area (Å²) in [4.78, 5) is 23.5. The molecule has 0 unspecified atom stereocenters. The summed E-state index contributed by atoms with van der Waals surface area (Å²) >= 11 is 0. The van der Waals surface area contributed by atoms with Gasteiger partial charge in [-0.2, -0.15) is 0 Å². The molecule has 17 heavy (non-hydrogen) atoms. The van der Waals surface area contributed by atoms with Gasteiger partial charge in [0.1, 0.15) is 5.60 Å². The highest BCUT2D eigenvalue weighted by Crippen LogP contribution is 2.39. The second kappa shape index (κ2) is 4.62. The fraction of sp³-hybridized carbons (Fsp3) is 0.818. The van der Waals surface area contributed by atoms with Crippen LogP contribution in [0.5, 0.6) is 0 Å². The molecule has 0 aromatic rings. The molecule has 1 aliphatic rings. The van der Waals surface area contributed by atoms with Gasteiger partial charge in [-0.1, -0.05) is 13.3 Å². The molecule has 0 bridgehead atoms. The van der Waals surface area contributed by atoms with Gasteiger partial charge in [-0.3, -0.25) is 4.79 Å². The molecule has 1 saturated heterocycles. The molecule has 1 fully saturated rings. The fourth-order valence-corrected chi connectivity index (χ4v) is 2.37. The average molecular weight is 245 g/mol. The van der Waals surface area contributed by atoms with Crippen LogP contribution in [0.1, 0.15) is 26.7 Å². The van der Waals surface area contributed by atoms with E-state index in [9.17, 15) is 19.8 Å². The van der Waals surface area contributed by atoms with Crippen LogP contribution < -0.4 is 5.32 Å². The van der Waals surface area contributed by atoms with Crippen molar-refractivity contribution in [2.45, 2.75) is 37.8 Å². The molecule has 1 aliphatic heterocycles. The van der Waals surface area contributed by atoms with Crippen molar-refractivity contribution in [2.24, 2.45) is 5.92 Å². The molecule has 1 amide bonds. The van der Waals surface area contributed by atoms with Crippen molar-refractivity contribution in [3.8, 4) is 0 Å². The van der Waals surface area contributed by atoms with E-state index in [0.29, 0.717) is 12.8 Å². The predicted octanol–water partition coefficient (Wildman–Crippen LogP) is -0.812. The molecule has 3 atom stereocenters. The first-order valence-corrected chi connectivity index (χ1v) is 5.61. The van der Waals surface area contributed by atoms with Gasteiger partial charge < -0.3 is 20.3 Å². The van der Waals surface area contributed by atoms with Gasteiger partial charge >= 0.3 is 5.97 Å². The van der Waals surface area contributed by atoms with Crippen molar-refractivity contribution in [1.82, 2.24) is 5.32 Å². The van der Waals surface area contributed by atoms with Crippen LogP contribution in [0.4, 0.5) is 0 Å². The molecule has 0 aromatic carbocycles. The lowest BCUT2D eigenvalue weighted by Crippen LogP contribution is -2.65. The highest BCUT2D eigenvalue weighted by Gasteiger charge is 2.65. The monoisotopic (exact) mass is 245 g/mol. The van der Waals surface area contributed by atoms with Crippen LogP contribution in [0, 0.1) is 5.92 Å². The van der Waals surface area contributed by atoms with Crippen molar-refractivity contribution < 1.29 is 24.5 Å². The van der Waals surface area contributed by atoms with Gasteiger partial charge in [0.2, 0.25) is 5.91 Å². The summed E-state index contributed by atoms with van der Waals surface area (Å²) < 4.78 is 4.57. The first-order valence-electron chi connectivity index (χ1n) is 5.61. The first-order chi connectivity index (χ1) is 7.87. The molecule has 6 nitrogen and oxygen atoms in total. The number of amides is 1. The summed E-state index contributed by atoms with van der Waals surface area (Å²) in [6.45, 7) is 2.55. The maximum Gasteiger partial charge on any atom is 0.337 e. The predicted molar refractivity (Wildman–Crippen MR) is 59.0 cm³/mol. The third-order valence-electron chi connectivity index (χ3n) is 3.54. The van der Waals surface area contributed by atoms with Crippen LogP contribution in [0.25, 0.3) is 0 Å². The molecule has 98 valence electrons. The van der Waals surface area contributed by atoms with Crippen LogP contribution in [0.15, 0.2) is 0 Å². The normalized spacial score (nSPS) is 36.8. The minimum Gasteiger partial charge on any atom is -0.467 e. The van der Waals surface area contributed by atoms with E-state index in [1.165, 1.54) is 6.92 Å². The topological polar surface area (TPSA) is 95.9 Å². The van der Waals surface area contributed by atoms with E-state index in [1.807, 2.05) is 6.92 Å². The lowest BCUT2D eigenvalue weighted by Gasteiger charge is -2.36. The Hall–Kier alpha value is -1.14. The van der Waals surface area contributed by atoms with Crippen molar-refractivity contribution in [3.63, 3.8) is 0 Å². The zero-order chi connectivity index (χ0) is 13.3. The van der Waals surface area contributed by atoms with Gasteiger partial charge in [0, 0.05) is 0 Å². The summed E-state index contributed by atoms with van der Waals surface area (Å²) in [7, 11) is 1.15. The molecule has 0 aliphatic carbocycles. The van der Waals surface area contributed by atoms with Gasteiger partial charge in [-0.05, 0) is 13.3 Å². The number of hydrogen-bond acceptors (Lipinski definition) is 5. The minimum absolute atomic E-state index is 0.434. The maximum atomic E-state index is 11.8. The van der Waals surface area contributed by atoms with Gasteiger partial charge in [0.05, 0.1) is 19.6 Å². The van der Waals surface area contributed by atoms with Gasteiger partial charge in [0.15, 0.2) is 5.54 Å². The Morgan fingerprint density at radius 2 is 2.18 bits per heavy atom. The van der Waals surface area contributed by atoms with Crippen LogP contribution in [0.3, 0.4) is 0 Å². The highest BCUT2D eigenvalue weighted by molar-refractivity contribution is 5.96. The van der Waals surface area contributed by atoms with Crippen LogP contribution in [0.2, 0.25) is 0 Å². The molecule has 3 N–H and O–H groups in total. The van der Waals surface area contributed by atoms with Crippen molar-refractivity contribution in [2.75, 3.05) is 13.7 Å². The SMILES string of the molecule is CCC[C@@H]1C(=O)N[C@](CO)(C(=O)OC)[C@]1(C)O. The number of carbonyl (C=O) groups is 2.